The molecule has 1 saturated heterocycles. The molecule has 1 aliphatic rings. The zero-order chi connectivity index (χ0) is 16.9. The molecule has 8 atom stereocenters. The molecule has 0 spiro atoms. The number of carbonyl (C=O) groups is 1. The first-order chi connectivity index (χ1) is 10.4. The lowest BCUT2D eigenvalue weighted by molar-refractivity contribution is -0.324. The van der Waals surface area contributed by atoms with E-state index in [-0.39, 0.29) is 0 Å². The quantitative estimate of drug-likeness (QED) is 0.215. The average molecular weight is 326 g/mol. The SMILES string of the molecule is O=CC[C@@H](O)[C@H](O[C@@H]1O[C@H](CO)[C@H](O)[C@@H](O)[C@H]1O)[C@H](O)CO. The van der Waals surface area contributed by atoms with E-state index in [1.165, 1.54) is 0 Å². The largest absolute Gasteiger partial charge is 0.394 e. The fourth-order valence-corrected chi connectivity index (χ4v) is 2.11. The highest BCUT2D eigenvalue weighted by Gasteiger charge is 2.46. The van der Waals surface area contributed by atoms with E-state index in [1.54, 1.807) is 0 Å². The Balaban J connectivity index is 2.84. The van der Waals surface area contributed by atoms with E-state index in [0.717, 1.165) is 0 Å². The molecule has 0 aromatic carbocycles. The maximum absolute atomic E-state index is 10.4. The molecular formula is C12H22O10. The Morgan fingerprint density at radius 1 is 1.05 bits per heavy atom. The van der Waals surface area contributed by atoms with Gasteiger partial charge in [-0.1, -0.05) is 0 Å². The standard InChI is InChI=1S/C12H22O10/c13-2-1-5(16)11(6(17)3-14)22-12-10(20)9(19)8(18)7(4-15)21-12/h2,5-12,14-20H,1,3-4H2/t5-,6-,7-,8+,9-,10-,11+,12+/m1/s1. The van der Waals surface area contributed by atoms with Gasteiger partial charge in [0, 0.05) is 6.42 Å². The van der Waals surface area contributed by atoms with Gasteiger partial charge in [-0.05, 0) is 0 Å². The lowest BCUT2D eigenvalue weighted by Gasteiger charge is -2.41. The molecule has 0 amide bonds. The summed E-state index contributed by atoms with van der Waals surface area (Å²) in [5, 5.41) is 66.4. The second kappa shape index (κ2) is 8.82. The van der Waals surface area contributed by atoms with Gasteiger partial charge >= 0.3 is 0 Å². The highest BCUT2D eigenvalue weighted by atomic mass is 16.7. The number of aliphatic hydroxyl groups is 7. The first-order valence-corrected chi connectivity index (χ1v) is 6.73. The summed E-state index contributed by atoms with van der Waals surface area (Å²) in [6.07, 6.45) is -12.4. The highest BCUT2D eigenvalue weighted by Crippen LogP contribution is 2.24. The van der Waals surface area contributed by atoms with Crippen LogP contribution in [0.5, 0.6) is 0 Å². The van der Waals surface area contributed by atoms with Crippen LogP contribution in [0.25, 0.3) is 0 Å². The van der Waals surface area contributed by atoms with Gasteiger partial charge in [-0.25, -0.2) is 0 Å². The van der Waals surface area contributed by atoms with Gasteiger partial charge in [0.05, 0.1) is 19.3 Å². The molecule has 0 saturated carbocycles. The van der Waals surface area contributed by atoms with E-state index >= 15 is 0 Å². The number of rotatable bonds is 8. The third kappa shape index (κ3) is 4.41. The minimum atomic E-state index is -1.73. The summed E-state index contributed by atoms with van der Waals surface area (Å²) in [6, 6.07) is 0. The number of aldehydes is 1. The lowest BCUT2D eigenvalue weighted by Crippen LogP contribution is -2.61. The fraction of sp³-hybridized carbons (Fsp3) is 0.917. The van der Waals surface area contributed by atoms with Crippen LogP contribution in [0.1, 0.15) is 6.42 Å². The van der Waals surface area contributed by atoms with E-state index in [1.807, 2.05) is 0 Å². The van der Waals surface area contributed by atoms with Gasteiger partial charge in [0.2, 0.25) is 0 Å². The molecule has 0 aliphatic carbocycles. The molecule has 1 fully saturated rings. The van der Waals surface area contributed by atoms with Crippen LogP contribution in [0.15, 0.2) is 0 Å². The monoisotopic (exact) mass is 326 g/mol. The predicted octanol–water partition coefficient (Wildman–Crippen LogP) is -4.53. The third-order valence-corrected chi connectivity index (χ3v) is 3.42. The summed E-state index contributed by atoms with van der Waals surface area (Å²) in [7, 11) is 0. The molecule has 22 heavy (non-hydrogen) atoms. The Morgan fingerprint density at radius 3 is 2.18 bits per heavy atom. The molecule has 1 heterocycles. The first-order valence-electron chi connectivity index (χ1n) is 6.73. The van der Waals surface area contributed by atoms with Gasteiger partial charge in [0.1, 0.15) is 42.9 Å². The van der Waals surface area contributed by atoms with Crippen LogP contribution in [0.2, 0.25) is 0 Å². The molecule has 0 bridgehead atoms. The van der Waals surface area contributed by atoms with Crippen LogP contribution in [0, 0.1) is 0 Å². The Kier molecular flexibility index (Phi) is 7.76. The third-order valence-electron chi connectivity index (χ3n) is 3.42. The van der Waals surface area contributed by atoms with Gasteiger partial charge in [0.15, 0.2) is 6.29 Å². The van der Waals surface area contributed by atoms with E-state index in [0.29, 0.717) is 6.29 Å². The highest BCUT2D eigenvalue weighted by molar-refractivity contribution is 5.50. The molecule has 1 rings (SSSR count). The lowest BCUT2D eigenvalue weighted by atomic mass is 9.99. The number of aliphatic hydroxyl groups excluding tert-OH is 7. The summed E-state index contributed by atoms with van der Waals surface area (Å²) in [6.45, 7) is -1.47. The molecule has 1 aliphatic heterocycles. The number of hydrogen-bond donors (Lipinski definition) is 7. The molecule has 0 aromatic rings. The first kappa shape index (κ1) is 19.4. The molecular weight excluding hydrogens is 304 g/mol. The van der Waals surface area contributed by atoms with Crippen molar-refractivity contribution >= 4 is 6.29 Å². The van der Waals surface area contributed by atoms with Crippen molar-refractivity contribution in [2.45, 2.75) is 55.4 Å². The van der Waals surface area contributed by atoms with Crippen molar-refractivity contribution in [2.75, 3.05) is 13.2 Å². The van der Waals surface area contributed by atoms with Crippen LogP contribution in [0.3, 0.4) is 0 Å². The zero-order valence-electron chi connectivity index (χ0n) is 11.7. The van der Waals surface area contributed by atoms with E-state index in [9.17, 15) is 30.3 Å². The predicted molar refractivity (Wildman–Crippen MR) is 68.4 cm³/mol. The van der Waals surface area contributed by atoms with Crippen LogP contribution in [-0.4, -0.2) is 104 Å². The van der Waals surface area contributed by atoms with Crippen LogP contribution in [-0.2, 0) is 14.3 Å². The number of hydrogen-bond acceptors (Lipinski definition) is 10. The van der Waals surface area contributed by atoms with Crippen LogP contribution in [0.4, 0.5) is 0 Å². The summed E-state index contributed by atoms with van der Waals surface area (Å²) >= 11 is 0. The van der Waals surface area contributed by atoms with Crippen molar-refractivity contribution in [3.63, 3.8) is 0 Å². The summed E-state index contributed by atoms with van der Waals surface area (Å²) < 4.78 is 10.2. The molecule has 0 aromatic heterocycles. The summed E-state index contributed by atoms with van der Waals surface area (Å²) in [5.41, 5.74) is 0. The van der Waals surface area contributed by atoms with E-state index < -0.39 is 68.7 Å². The minimum Gasteiger partial charge on any atom is -0.394 e. The van der Waals surface area contributed by atoms with Gasteiger partial charge in [-0.2, -0.15) is 0 Å². The molecule has 0 unspecified atom stereocenters. The smallest absolute Gasteiger partial charge is 0.187 e. The molecule has 10 nitrogen and oxygen atoms in total. The second-order valence-electron chi connectivity index (χ2n) is 5.02. The second-order valence-corrected chi connectivity index (χ2v) is 5.02. The topological polar surface area (TPSA) is 177 Å². The number of carbonyl (C=O) groups excluding carboxylic acids is 1. The van der Waals surface area contributed by atoms with Crippen molar-refractivity contribution in [1.29, 1.82) is 0 Å². The molecule has 10 heteroatoms. The minimum absolute atomic E-state index is 0.373. The molecule has 7 N–H and O–H groups in total. The van der Waals surface area contributed by atoms with E-state index in [2.05, 4.69) is 0 Å². The van der Waals surface area contributed by atoms with Crippen molar-refractivity contribution in [3.05, 3.63) is 0 Å². The Bertz CT molecular complexity index is 338. The maximum Gasteiger partial charge on any atom is 0.187 e. The van der Waals surface area contributed by atoms with Gasteiger partial charge in [0.25, 0.3) is 0 Å². The summed E-state index contributed by atoms with van der Waals surface area (Å²) in [4.78, 5) is 10.4. The van der Waals surface area contributed by atoms with Crippen molar-refractivity contribution in [3.8, 4) is 0 Å². The van der Waals surface area contributed by atoms with Crippen LogP contribution >= 0.6 is 0 Å². The Labute approximate surface area is 126 Å². The van der Waals surface area contributed by atoms with Crippen molar-refractivity contribution in [1.82, 2.24) is 0 Å². The Morgan fingerprint density at radius 2 is 1.68 bits per heavy atom. The Hall–Kier alpha value is -0.690. The fourth-order valence-electron chi connectivity index (χ4n) is 2.11. The van der Waals surface area contributed by atoms with Gasteiger partial charge in [-0.15, -0.1) is 0 Å². The van der Waals surface area contributed by atoms with Crippen molar-refractivity contribution in [2.24, 2.45) is 0 Å². The molecule has 130 valence electrons. The average Bonchev–Trinajstić information content (AvgIpc) is 2.51. The van der Waals surface area contributed by atoms with Gasteiger partial charge in [-0.3, -0.25) is 0 Å². The summed E-state index contributed by atoms with van der Waals surface area (Å²) in [5.74, 6) is 0. The van der Waals surface area contributed by atoms with Crippen molar-refractivity contribution < 1.29 is 50.0 Å². The van der Waals surface area contributed by atoms with E-state index in [4.69, 9.17) is 19.7 Å². The van der Waals surface area contributed by atoms with Gasteiger partial charge < -0.3 is 50.0 Å². The van der Waals surface area contributed by atoms with Crippen LogP contribution < -0.4 is 0 Å². The zero-order valence-corrected chi connectivity index (χ0v) is 11.7. The molecule has 0 radical (unpaired) electrons. The number of ether oxygens (including phenoxy) is 2. The normalized spacial score (nSPS) is 36.6. The maximum atomic E-state index is 10.4.